The molecule has 0 aromatic heterocycles. The van der Waals surface area contributed by atoms with Gasteiger partial charge in [-0.1, -0.05) is 23.7 Å². The van der Waals surface area contributed by atoms with Crippen molar-refractivity contribution in [3.63, 3.8) is 0 Å². The van der Waals surface area contributed by atoms with E-state index >= 15 is 0 Å². The monoisotopic (exact) mass is 423 g/mol. The Hall–Kier alpha value is -1.93. The molecule has 6 nitrogen and oxygen atoms in total. The minimum absolute atomic E-state index is 0.0346. The van der Waals surface area contributed by atoms with Crippen molar-refractivity contribution in [2.24, 2.45) is 0 Å². The molecule has 0 fully saturated rings. The molecule has 0 unspecified atom stereocenters. The fourth-order valence-electron chi connectivity index (χ4n) is 2.64. The number of carbonyl (C=O) groups is 1. The van der Waals surface area contributed by atoms with Crippen molar-refractivity contribution >= 4 is 33.2 Å². The molecule has 2 rings (SSSR count). The Balaban J connectivity index is 1.97. The van der Waals surface area contributed by atoms with E-state index in [1.165, 1.54) is 12.1 Å². The van der Waals surface area contributed by atoms with E-state index in [1.54, 1.807) is 32.9 Å². The Morgan fingerprint density at radius 2 is 1.50 bits per heavy atom. The minimum atomic E-state index is -3.56. The quantitative estimate of drug-likeness (QED) is 0.604. The summed E-state index contributed by atoms with van der Waals surface area (Å²) < 4.78 is 26.8. The molecule has 0 aliphatic carbocycles. The van der Waals surface area contributed by atoms with Gasteiger partial charge in [-0.2, -0.15) is 0 Å². The maximum atomic E-state index is 12.4. The van der Waals surface area contributed by atoms with E-state index in [0.717, 1.165) is 5.56 Å². The van der Waals surface area contributed by atoms with Gasteiger partial charge in [-0.3, -0.25) is 10.1 Å². The number of anilines is 1. The molecular weight excluding hydrogens is 398 g/mol. The van der Waals surface area contributed by atoms with Crippen LogP contribution in [0, 0.1) is 0 Å². The summed E-state index contributed by atoms with van der Waals surface area (Å²) in [4.78, 5) is 12.6. The summed E-state index contributed by atoms with van der Waals surface area (Å²) in [7, 11) is -3.56. The van der Waals surface area contributed by atoms with Crippen LogP contribution in [0.15, 0.2) is 53.4 Å². The van der Waals surface area contributed by atoms with Gasteiger partial charge in [0.05, 0.1) is 10.9 Å². The SMILES string of the molecule is CC(C)NS(=O)(=O)c1ccc(NC(=O)[C@H](C)N[C@H](C)c2ccc(Cl)cc2)cc1. The Kier molecular flexibility index (Phi) is 7.60. The highest BCUT2D eigenvalue weighted by Crippen LogP contribution is 2.18. The summed E-state index contributed by atoms with van der Waals surface area (Å²) in [6, 6.07) is 12.8. The van der Waals surface area contributed by atoms with E-state index in [-0.39, 0.29) is 22.9 Å². The summed E-state index contributed by atoms with van der Waals surface area (Å²) in [6.45, 7) is 7.25. The number of sulfonamides is 1. The van der Waals surface area contributed by atoms with Crippen molar-refractivity contribution in [2.75, 3.05) is 5.32 Å². The van der Waals surface area contributed by atoms with Gasteiger partial charge in [0, 0.05) is 22.8 Å². The predicted molar refractivity (Wildman–Crippen MR) is 113 cm³/mol. The number of halogens is 1. The van der Waals surface area contributed by atoms with Crippen LogP contribution < -0.4 is 15.4 Å². The maximum Gasteiger partial charge on any atom is 0.241 e. The largest absolute Gasteiger partial charge is 0.325 e. The second-order valence-corrected chi connectivity index (χ2v) is 9.10. The molecule has 1 amide bonds. The minimum Gasteiger partial charge on any atom is -0.325 e. The Morgan fingerprint density at radius 1 is 0.929 bits per heavy atom. The zero-order chi connectivity index (χ0) is 20.9. The fourth-order valence-corrected chi connectivity index (χ4v) is 4.02. The van der Waals surface area contributed by atoms with E-state index in [2.05, 4.69) is 15.4 Å². The van der Waals surface area contributed by atoms with Crippen molar-refractivity contribution < 1.29 is 13.2 Å². The second kappa shape index (κ2) is 9.52. The number of carbonyl (C=O) groups excluding carboxylic acids is 1. The lowest BCUT2D eigenvalue weighted by Gasteiger charge is -2.20. The van der Waals surface area contributed by atoms with Crippen LogP contribution in [-0.4, -0.2) is 26.4 Å². The highest BCUT2D eigenvalue weighted by molar-refractivity contribution is 7.89. The lowest BCUT2D eigenvalue weighted by Crippen LogP contribution is -2.39. The predicted octanol–water partition coefficient (Wildman–Crippen LogP) is 3.70. The molecule has 2 atom stereocenters. The molecule has 8 heteroatoms. The molecule has 0 aliphatic rings. The third kappa shape index (κ3) is 6.31. The fraction of sp³-hybridized carbons (Fsp3) is 0.350. The molecule has 0 heterocycles. The zero-order valence-electron chi connectivity index (χ0n) is 16.4. The van der Waals surface area contributed by atoms with Gasteiger partial charge in [0.2, 0.25) is 15.9 Å². The van der Waals surface area contributed by atoms with Crippen molar-refractivity contribution in [3.8, 4) is 0 Å². The van der Waals surface area contributed by atoms with E-state index in [0.29, 0.717) is 10.7 Å². The highest BCUT2D eigenvalue weighted by atomic mass is 35.5. The van der Waals surface area contributed by atoms with Crippen LogP contribution in [0.5, 0.6) is 0 Å². The van der Waals surface area contributed by atoms with Crippen LogP contribution in [0.2, 0.25) is 5.02 Å². The average Bonchev–Trinajstić information content (AvgIpc) is 2.61. The zero-order valence-corrected chi connectivity index (χ0v) is 17.9. The molecule has 0 saturated heterocycles. The molecule has 0 bridgehead atoms. The topological polar surface area (TPSA) is 87.3 Å². The molecule has 152 valence electrons. The first-order valence-corrected chi connectivity index (χ1v) is 10.9. The van der Waals surface area contributed by atoms with Gasteiger partial charge in [0.25, 0.3) is 0 Å². The molecule has 28 heavy (non-hydrogen) atoms. The van der Waals surface area contributed by atoms with E-state index in [4.69, 9.17) is 11.6 Å². The molecule has 0 aliphatic heterocycles. The van der Waals surface area contributed by atoms with Crippen LogP contribution in [-0.2, 0) is 14.8 Å². The number of hydrogen-bond acceptors (Lipinski definition) is 4. The number of nitrogens with one attached hydrogen (secondary N) is 3. The highest BCUT2D eigenvalue weighted by Gasteiger charge is 2.18. The summed E-state index contributed by atoms with van der Waals surface area (Å²) in [5, 5.41) is 6.68. The lowest BCUT2D eigenvalue weighted by atomic mass is 10.1. The lowest BCUT2D eigenvalue weighted by molar-refractivity contribution is -0.117. The van der Waals surface area contributed by atoms with E-state index in [1.807, 2.05) is 31.2 Å². The van der Waals surface area contributed by atoms with Gasteiger partial charge in [0.1, 0.15) is 0 Å². The standard InChI is InChI=1S/C20H26ClN3O3S/c1-13(2)24-28(26,27)19-11-9-18(10-12-19)23-20(25)15(4)22-14(3)16-5-7-17(21)8-6-16/h5-15,22,24H,1-4H3,(H,23,25)/t14-,15+/m1/s1. The van der Waals surface area contributed by atoms with E-state index in [9.17, 15) is 13.2 Å². The first-order valence-electron chi connectivity index (χ1n) is 9.03. The van der Waals surface area contributed by atoms with E-state index < -0.39 is 16.1 Å². The number of benzene rings is 2. The van der Waals surface area contributed by atoms with Crippen LogP contribution in [0.3, 0.4) is 0 Å². The van der Waals surface area contributed by atoms with Crippen LogP contribution in [0.25, 0.3) is 0 Å². The Bertz CT molecular complexity index is 897. The number of amides is 1. The second-order valence-electron chi connectivity index (χ2n) is 6.95. The van der Waals surface area contributed by atoms with Gasteiger partial charge in [-0.25, -0.2) is 13.1 Å². The molecule has 0 spiro atoms. The normalized spacial score (nSPS) is 13.9. The van der Waals surface area contributed by atoms with Crippen molar-refractivity contribution in [2.45, 2.75) is 50.7 Å². The number of hydrogen-bond donors (Lipinski definition) is 3. The first-order chi connectivity index (χ1) is 13.1. The smallest absolute Gasteiger partial charge is 0.241 e. The molecule has 0 saturated carbocycles. The summed E-state index contributed by atoms with van der Waals surface area (Å²) in [6.07, 6.45) is 0. The third-order valence-corrected chi connectivity index (χ3v) is 6.01. The molecule has 0 radical (unpaired) electrons. The summed E-state index contributed by atoms with van der Waals surface area (Å²) in [5.74, 6) is -0.211. The maximum absolute atomic E-state index is 12.4. The third-order valence-electron chi connectivity index (χ3n) is 4.09. The Labute approximate surface area is 171 Å². The van der Waals surface area contributed by atoms with Gasteiger partial charge in [-0.05, 0) is 69.7 Å². The molecule has 2 aromatic carbocycles. The summed E-state index contributed by atoms with van der Waals surface area (Å²) >= 11 is 5.90. The molecule has 3 N–H and O–H groups in total. The van der Waals surface area contributed by atoms with Gasteiger partial charge < -0.3 is 5.32 Å². The van der Waals surface area contributed by atoms with Crippen molar-refractivity contribution in [1.29, 1.82) is 0 Å². The number of rotatable bonds is 8. The molecular formula is C20H26ClN3O3S. The Morgan fingerprint density at radius 3 is 2.04 bits per heavy atom. The molecule has 2 aromatic rings. The van der Waals surface area contributed by atoms with Gasteiger partial charge >= 0.3 is 0 Å². The van der Waals surface area contributed by atoms with Crippen LogP contribution >= 0.6 is 11.6 Å². The first kappa shape index (κ1) is 22.4. The average molecular weight is 424 g/mol. The van der Waals surface area contributed by atoms with Crippen LogP contribution in [0.4, 0.5) is 5.69 Å². The van der Waals surface area contributed by atoms with Crippen LogP contribution in [0.1, 0.15) is 39.3 Å². The van der Waals surface area contributed by atoms with Crippen molar-refractivity contribution in [1.82, 2.24) is 10.0 Å². The van der Waals surface area contributed by atoms with Crippen molar-refractivity contribution in [3.05, 3.63) is 59.1 Å². The van der Waals surface area contributed by atoms with Gasteiger partial charge in [-0.15, -0.1) is 0 Å². The van der Waals surface area contributed by atoms with Gasteiger partial charge in [0.15, 0.2) is 0 Å². The summed E-state index contributed by atoms with van der Waals surface area (Å²) in [5.41, 5.74) is 1.55.